The first kappa shape index (κ1) is 18.3. The van der Waals surface area contributed by atoms with Crippen molar-refractivity contribution in [1.82, 2.24) is 0 Å². The first-order chi connectivity index (χ1) is 10.6. The van der Waals surface area contributed by atoms with E-state index in [1.807, 2.05) is 6.07 Å². The van der Waals surface area contributed by atoms with Gasteiger partial charge in [-0.25, -0.2) is 0 Å². The fourth-order valence-electron chi connectivity index (χ4n) is 3.60. The van der Waals surface area contributed by atoms with Gasteiger partial charge in [-0.05, 0) is 37.1 Å². The molecular weight excluding hydrogens is 298 g/mol. The molecule has 1 heterocycles. The van der Waals surface area contributed by atoms with E-state index in [2.05, 4.69) is 57.7 Å². The van der Waals surface area contributed by atoms with Gasteiger partial charge in [0.2, 0.25) is 0 Å². The van der Waals surface area contributed by atoms with Crippen LogP contribution in [-0.4, -0.2) is 52.3 Å². The zero-order valence-electron chi connectivity index (χ0n) is 16.0. The molecule has 2 N–H and O–H groups in total. The Balaban J connectivity index is 1.94. The third kappa shape index (κ3) is 4.98. The molecule has 1 unspecified atom stereocenters. The van der Waals surface area contributed by atoms with E-state index < -0.39 is 8.07 Å². The number of quaternary nitrogens is 1. The number of nitrogen functional groups attached to an aromatic ring is 1. The molecule has 0 radical (unpaired) electrons. The average Bonchev–Trinajstić information content (AvgIpc) is 2.90. The maximum Gasteiger partial charge on any atom is 0.108 e. The number of aryl methyl sites for hydroxylation is 1. The Hall–Kier alpha value is -1.00. The van der Waals surface area contributed by atoms with Crippen LogP contribution >= 0.6 is 0 Å². The number of rotatable bonds is 6. The SMILES string of the molecule is Cc1cc(N2CCC([N+](C)(C)CCC[Si](C)(C)C)C2)ccc1N. The Morgan fingerprint density at radius 3 is 2.57 bits per heavy atom. The van der Waals surface area contributed by atoms with E-state index in [9.17, 15) is 0 Å². The Morgan fingerprint density at radius 2 is 1.96 bits per heavy atom. The molecule has 0 saturated carbocycles. The van der Waals surface area contributed by atoms with Crippen LogP contribution < -0.4 is 10.6 Å². The Labute approximate surface area is 144 Å². The molecule has 4 heteroatoms. The predicted molar refractivity (Wildman–Crippen MR) is 106 cm³/mol. The van der Waals surface area contributed by atoms with E-state index in [-0.39, 0.29) is 0 Å². The van der Waals surface area contributed by atoms with Crippen molar-refractivity contribution in [3.05, 3.63) is 23.8 Å². The van der Waals surface area contributed by atoms with Crippen LogP contribution in [0.15, 0.2) is 18.2 Å². The third-order valence-electron chi connectivity index (χ3n) is 5.43. The molecule has 2 rings (SSSR count). The molecule has 0 amide bonds. The van der Waals surface area contributed by atoms with E-state index >= 15 is 0 Å². The summed E-state index contributed by atoms with van der Waals surface area (Å²) in [6.07, 6.45) is 2.67. The number of anilines is 2. The van der Waals surface area contributed by atoms with Crippen molar-refractivity contribution < 1.29 is 4.48 Å². The van der Waals surface area contributed by atoms with E-state index in [0.29, 0.717) is 0 Å². The van der Waals surface area contributed by atoms with E-state index in [4.69, 9.17) is 5.73 Å². The molecule has 0 aliphatic carbocycles. The summed E-state index contributed by atoms with van der Waals surface area (Å²) in [4.78, 5) is 2.54. The van der Waals surface area contributed by atoms with Crippen LogP contribution in [0.1, 0.15) is 18.4 Å². The first-order valence-corrected chi connectivity index (χ1v) is 12.7. The number of hydrogen-bond acceptors (Lipinski definition) is 2. The smallest absolute Gasteiger partial charge is 0.108 e. The molecule has 0 spiro atoms. The lowest BCUT2D eigenvalue weighted by Crippen LogP contribution is -2.51. The molecule has 3 nitrogen and oxygen atoms in total. The number of benzene rings is 1. The van der Waals surface area contributed by atoms with Gasteiger partial charge in [0.25, 0.3) is 0 Å². The van der Waals surface area contributed by atoms with Crippen molar-refractivity contribution >= 4 is 19.4 Å². The molecule has 1 atom stereocenters. The van der Waals surface area contributed by atoms with Crippen molar-refractivity contribution in [3.63, 3.8) is 0 Å². The summed E-state index contributed by atoms with van der Waals surface area (Å²) in [7, 11) is 3.94. The summed E-state index contributed by atoms with van der Waals surface area (Å²) >= 11 is 0. The Morgan fingerprint density at radius 1 is 1.26 bits per heavy atom. The van der Waals surface area contributed by atoms with E-state index in [0.717, 1.165) is 16.2 Å². The average molecular weight is 335 g/mol. The lowest BCUT2D eigenvalue weighted by Gasteiger charge is -2.37. The van der Waals surface area contributed by atoms with Gasteiger partial charge >= 0.3 is 0 Å². The van der Waals surface area contributed by atoms with Crippen LogP contribution in [0.5, 0.6) is 0 Å². The maximum absolute atomic E-state index is 5.96. The molecule has 0 aromatic heterocycles. The minimum absolute atomic E-state index is 0.745. The van der Waals surface area contributed by atoms with Gasteiger partial charge in [-0.1, -0.05) is 25.7 Å². The van der Waals surface area contributed by atoms with Crippen LogP contribution in [0.4, 0.5) is 11.4 Å². The minimum Gasteiger partial charge on any atom is -0.399 e. The lowest BCUT2D eigenvalue weighted by molar-refractivity contribution is -0.912. The maximum atomic E-state index is 5.96. The third-order valence-corrected chi connectivity index (χ3v) is 7.29. The minimum atomic E-state index is -0.907. The van der Waals surface area contributed by atoms with Gasteiger partial charge in [-0.3, -0.25) is 0 Å². The zero-order valence-corrected chi connectivity index (χ0v) is 17.0. The predicted octanol–water partition coefficient (Wildman–Crippen LogP) is 3.96. The zero-order chi connectivity index (χ0) is 17.3. The van der Waals surface area contributed by atoms with Crippen LogP contribution in [0.25, 0.3) is 0 Å². The Bertz CT molecular complexity index is 534. The Kier molecular flexibility index (Phi) is 5.47. The fourth-order valence-corrected chi connectivity index (χ4v) is 4.82. The largest absolute Gasteiger partial charge is 0.399 e. The van der Waals surface area contributed by atoms with Gasteiger partial charge in [0, 0.05) is 32.4 Å². The monoisotopic (exact) mass is 334 g/mol. The molecule has 130 valence electrons. The molecule has 1 saturated heterocycles. The van der Waals surface area contributed by atoms with Crippen LogP contribution in [0.2, 0.25) is 25.7 Å². The van der Waals surface area contributed by atoms with Gasteiger partial charge in [0.05, 0.1) is 27.2 Å². The highest BCUT2D eigenvalue weighted by Gasteiger charge is 2.35. The van der Waals surface area contributed by atoms with E-state index in [1.54, 1.807) is 0 Å². The van der Waals surface area contributed by atoms with Crippen molar-refractivity contribution in [2.75, 3.05) is 44.4 Å². The highest BCUT2D eigenvalue weighted by atomic mass is 28.3. The van der Waals surface area contributed by atoms with Gasteiger partial charge in [0.15, 0.2) is 0 Å². The lowest BCUT2D eigenvalue weighted by atomic mass is 10.1. The van der Waals surface area contributed by atoms with Crippen molar-refractivity contribution in [2.45, 2.75) is 51.5 Å². The summed E-state index contributed by atoms with van der Waals surface area (Å²) in [6, 6.07) is 8.65. The normalized spacial score (nSPS) is 19.4. The number of nitrogens with zero attached hydrogens (tertiary/aromatic N) is 2. The summed E-state index contributed by atoms with van der Waals surface area (Å²) in [5.41, 5.74) is 9.38. The van der Waals surface area contributed by atoms with Gasteiger partial charge in [-0.15, -0.1) is 0 Å². The summed E-state index contributed by atoms with van der Waals surface area (Å²) < 4.78 is 1.16. The van der Waals surface area contributed by atoms with Crippen LogP contribution in [0.3, 0.4) is 0 Å². The van der Waals surface area contributed by atoms with Gasteiger partial charge < -0.3 is 15.1 Å². The van der Waals surface area contributed by atoms with Gasteiger partial charge in [-0.2, -0.15) is 0 Å². The topological polar surface area (TPSA) is 29.3 Å². The van der Waals surface area contributed by atoms with Gasteiger partial charge in [0.1, 0.15) is 6.04 Å². The summed E-state index contributed by atoms with van der Waals surface area (Å²) in [5.74, 6) is 0. The molecule has 1 aromatic rings. The molecule has 1 aliphatic heterocycles. The highest BCUT2D eigenvalue weighted by Crippen LogP contribution is 2.28. The molecule has 0 bridgehead atoms. The van der Waals surface area contributed by atoms with Crippen LogP contribution in [0, 0.1) is 6.92 Å². The number of likely N-dealkylation sites (N-methyl/N-ethyl adjacent to an activating group) is 1. The quantitative estimate of drug-likeness (QED) is 0.485. The molecule has 1 aromatic carbocycles. The molecule has 1 aliphatic rings. The molecule has 1 fully saturated rings. The first-order valence-electron chi connectivity index (χ1n) is 9.02. The second kappa shape index (κ2) is 6.86. The van der Waals surface area contributed by atoms with E-state index in [1.165, 1.54) is 49.8 Å². The van der Waals surface area contributed by atoms with Crippen molar-refractivity contribution in [1.29, 1.82) is 0 Å². The number of nitrogens with two attached hydrogens (primary N) is 1. The van der Waals surface area contributed by atoms with Crippen molar-refractivity contribution in [2.24, 2.45) is 0 Å². The standard InChI is InChI=1S/C19H36N3Si/c1-16-14-17(8-9-19(16)20)21-11-10-18(15-21)22(2,3)12-7-13-23(4,5)6/h8-9,14,18H,7,10-13,15,20H2,1-6H3/q+1. The second-order valence-electron chi connectivity index (χ2n) is 9.10. The molecular formula is C19H36N3Si+. The molecule has 23 heavy (non-hydrogen) atoms. The summed E-state index contributed by atoms with van der Waals surface area (Å²) in [6.45, 7) is 13.2. The fraction of sp³-hybridized carbons (Fsp3) is 0.684. The summed E-state index contributed by atoms with van der Waals surface area (Å²) in [5, 5.41) is 0. The second-order valence-corrected chi connectivity index (χ2v) is 14.7. The highest BCUT2D eigenvalue weighted by molar-refractivity contribution is 6.76. The number of hydrogen-bond donors (Lipinski definition) is 1. The van der Waals surface area contributed by atoms with Crippen LogP contribution in [-0.2, 0) is 0 Å². The van der Waals surface area contributed by atoms with Crippen molar-refractivity contribution in [3.8, 4) is 0 Å².